The molecule has 1 aliphatic heterocycles. The minimum atomic E-state index is -4.45. The van der Waals surface area contributed by atoms with Gasteiger partial charge >= 0.3 is 12.1 Å². The summed E-state index contributed by atoms with van der Waals surface area (Å²) >= 11 is 1.38. The number of benzene rings is 2. The lowest BCUT2D eigenvalue weighted by Gasteiger charge is -2.18. The van der Waals surface area contributed by atoms with Gasteiger partial charge in [0.25, 0.3) is 5.56 Å². The number of aromatic nitrogens is 1. The lowest BCUT2D eigenvalue weighted by atomic mass is 9.93. The minimum Gasteiger partial charge on any atom is -0.480 e. The Morgan fingerprint density at radius 3 is 2.45 bits per heavy atom. The molecule has 8 heteroatoms. The molecule has 2 aromatic carbocycles. The van der Waals surface area contributed by atoms with E-state index in [1.807, 2.05) is 0 Å². The molecular formula is C23H18F3NO3S. The van der Waals surface area contributed by atoms with E-state index in [0.717, 1.165) is 30.0 Å². The van der Waals surface area contributed by atoms with Crippen LogP contribution in [0, 0.1) is 0 Å². The second-order valence-corrected chi connectivity index (χ2v) is 9.04. The molecule has 1 unspecified atom stereocenters. The molecule has 31 heavy (non-hydrogen) atoms. The molecular weight excluding hydrogens is 427 g/mol. The molecule has 1 aromatic heterocycles. The Morgan fingerprint density at radius 2 is 1.81 bits per heavy atom. The fourth-order valence-electron chi connectivity index (χ4n) is 4.44. The minimum absolute atomic E-state index is 0.138. The zero-order valence-electron chi connectivity index (χ0n) is 16.3. The van der Waals surface area contributed by atoms with Crippen LogP contribution in [0.15, 0.2) is 52.3 Å². The third kappa shape index (κ3) is 3.43. The topological polar surface area (TPSA) is 59.3 Å². The van der Waals surface area contributed by atoms with Crippen molar-refractivity contribution in [3.63, 3.8) is 0 Å². The first-order chi connectivity index (χ1) is 14.8. The van der Waals surface area contributed by atoms with Gasteiger partial charge < -0.3 is 5.11 Å². The summed E-state index contributed by atoms with van der Waals surface area (Å²) in [6.07, 6.45) is -2.20. The molecule has 0 saturated heterocycles. The lowest BCUT2D eigenvalue weighted by molar-refractivity contribution is -0.140. The van der Waals surface area contributed by atoms with Crippen molar-refractivity contribution in [2.24, 2.45) is 0 Å². The maximum Gasteiger partial charge on any atom is 0.417 e. The van der Waals surface area contributed by atoms with Gasteiger partial charge in [0.1, 0.15) is 6.04 Å². The molecule has 1 N–H and O–H groups in total. The maximum atomic E-state index is 13.5. The number of carboxylic acids is 1. The predicted molar refractivity (Wildman–Crippen MR) is 112 cm³/mol. The van der Waals surface area contributed by atoms with E-state index < -0.39 is 23.8 Å². The van der Waals surface area contributed by atoms with Gasteiger partial charge in [0.15, 0.2) is 0 Å². The van der Waals surface area contributed by atoms with E-state index in [4.69, 9.17) is 0 Å². The molecule has 2 aliphatic rings. The Balaban J connectivity index is 1.66. The number of halogens is 3. The first-order valence-corrected chi connectivity index (χ1v) is 11.0. The molecule has 2 heterocycles. The van der Waals surface area contributed by atoms with Gasteiger partial charge in [0.2, 0.25) is 0 Å². The molecule has 0 radical (unpaired) electrons. The van der Waals surface area contributed by atoms with Gasteiger partial charge in [-0.25, -0.2) is 4.79 Å². The highest BCUT2D eigenvalue weighted by Gasteiger charge is 2.38. The standard InChI is InChI=1S/C23H18F3NO3S/c24-23(25,26)17-8-7-13(15-3-1-2-4-16(15)17)9-14-10-19(28)27-18(22(29)30)11-31-21(27)20(14)12-5-6-12/h1-4,7-8,10,12,18H,5-6,9,11H2,(H,29,30). The van der Waals surface area contributed by atoms with E-state index in [1.54, 1.807) is 18.2 Å². The maximum absolute atomic E-state index is 13.5. The zero-order chi connectivity index (χ0) is 21.9. The molecule has 160 valence electrons. The van der Waals surface area contributed by atoms with Crippen LogP contribution in [-0.2, 0) is 17.4 Å². The van der Waals surface area contributed by atoms with E-state index >= 15 is 0 Å². The van der Waals surface area contributed by atoms with Gasteiger partial charge in [0, 0.05) is 11.8 Å². The van der Waals surface area contributed by atoms with Crippen molar-refractivity contribution in [1.82, 2.24) is 4.57 Å². The Kier molecular flexibility index (Phi) is 4.66. The summed E-state index contributed by atoms with van der Waals surface area (Å²) in [6.45, 7) is 0. The van der Waals surface area contributed by atoms with Crippen LogP contribution in [0.4, 0.5) is 13.2 Å². The molecule has 0 spiro atoms. The van der Waals surface area contributed by atoms with Crippen molar-refractivity contribution in [2.45, 2.75) is 42.4 Å². The van der Waals surface area contributed by atoms with Crippen LogP contribution >= 0.6 is 11.8 Å². The smallest absolute Gasteiger partial charge is 0.417 e. The van der Waals surface area contributed by atoms with Crippen LogP contribution in [0.2, 0.25) is 0 Å². The molecule has 0 bridgehead atoms. The Hall–Kier alpha value is -2.74. The van der Waals surface area contributed by atoms with E-state index in [2.05, 4.69) is 0 Å². The summed E-state index contributed by atoms with van der Waals surface area (Å²) in [6, 6.07) is 9.61. The number of pyridine rings is 1. The van der Waals surface area contributed by atoms with E-state index in [0.29, 0.717) is 28.1 Å². The summed E-state index contributed by atoms with van der Waals surface area (Å²) in [5.41, 5.74) is 1.43. The Bertz CT molecular complexity index is 1280. The SMILES string of the molecule is O=C(O)C1CSc2c(C3CC3)c(Cc3ccc(C(F)(F)F)c4ccccc34)cc(=O)n21. The van der Waals surface area contributed by atoms with E-state index in [9.17, 15) is 27.9 Å². The molecule has 3 aromatic rings. The normalized spacial score (nSPS) is 18.4. The van der Waals surface area contributed by atoms with Gasteiger partial charge in [-0.05, 0) is 58.7 Å². The van der Waals surface area contributed by atoms with Gasteiger partial charge in [0.05, 0.1) is 10.6 Å². The highest BCUT2D eigenvalue weighted by molar-refractivity contribution is 7.99. The third-order valence-electron chi connectivity index (χ3n) is 5.99. The second-order valence-electron chi connectivity index (χ2n) is 8.03. The molecule has 0 amide bonds. The second kappa shape index (κ2) is 7.15. The fraction of sp³-hybridized carbons (Fsp3) is 0.304. The number of thioether (sulfide) groups is 1. The third-order valence-corrected chi connectivity index (χ3v) is 7.16. The van der Waals surface area contributed by atoms with Crippen molar-refractivity contribution in [3.05, 3.63) is 75.1 Å². The van der Waals surface area contributed by atoms with Crippen LogP contribution in [0.5, 0.6) is 0 Å². The van der Waals surface area contributed by atoms with E-state index in [-0.39, 0.29) is 16.9 Å². The number of rotatable bonds is 4. The first-order valence-electron chi connectivity index (χ1n) is 9.97. The predicted octanol–water partition coefficient (Wildman–Crippen LogP) is 5.22. The number of aliphatic carboxylic acids is 1. The highest BCUT2D eigenvalue weighted by Crippen LogP contribution is 2.49. The zero-order valence-corrected chi connectivity index (χ0v) is 17.1. The molecule has 5 rings (SSSR count). The first kappa shape index (κ1) is 20.2. The van der Waals surface area contributed by atoms with Crippen LogP contribution in [0.1, 0.15) is 47.1 Å². The summed E-state index contributed by atoms with van der Waals surface area (Å²) < 4.78 is 41.8. The summed E-state index contributed by atoms with van der Waals surface area (Å²) in [4.78, 5) is 24.4. The average molecular weight is 445 g/mol. The van der Waals surface area contributed by atoms with E-state index in [1.165, 1.54) is 34.5 Å². The van der Waals surface area contributed by atoms with Crippen molar-refractivity contribution in [2.75, 3.05) is 5.75 Å². The van der Waals surface area contributed by atoms with Gasteiger partial charge in [-0.3, -0.25) is 9.36 Å². The summed E-state index contributed by atoms with van der Waals surface area (Å²) in [5.74, 6) is -0.467. The summed E-state index contributed by atoms with van der Waals surface area (Å²) in [5, 5.41) is 10.8. The molecule has 1 fully saturated rings. The molecule has 1 atom stereocenters. The van der Waals surface area contributed by atoms with Crippen LogP contribution in [0.25, 0.3) is 10.8 Å². The lowest BCUT2D eigenvalue weighted by Crippen LogP contribution is -2.29. The highest BCUT2D eigenvalue weighted by atomic mass is 32.2. The Labute approximate surface area is 179 Å². The van der Waals surface area contributed by atoms with Crippen molar-refractivity contribution in [1.29, 1.82) is 0 Å². The molecule has 1 aliphatic carbocycles. The fourth-order valence-corrected chi connectivity index (χ4v) is 5.86. The summed E-state index contributed by atoms with van der Waals surface area (Å²) in [7, 11) is 0. The Morgan fingerprint density at radius 1 is 1.10 bits per heavy atom. The number of carbonyl (C=O) groups is 1. The number of carboxylic acid groups (broad SMARTS) is 1. The van der Waals surface area contributed by atoms with Gasteiger partial charge in [-0.1, -0.05) is 30.3 Å². The quantitative estimate of drug-likeness (QED) is 0.598. The van der Waals surface area contributed by atoms with Crippen molar-refractivity contribution >= 4 is 28.5 Å². The number of hydrogen-bond acceptors (Lipinski definition) is 3. The largest absolute Gasteiger partial charge is 0.480 e. The van der Waals surface area contributed by atoms with Crippen molar-refractivity contribution in [3.8, 4) is 0 Å². The number of hydrogen-bond donors (Lipinski definition) is 1. The van der Waals surface area contributed by atoms with Gasteiger partial charge in [-0.15, -0.1) is 11.8 Å². The van der Waals surface area contributed by atoms with Gasteiger partial charge in [-0.2, -0.15) is 13.2 Å². The van der Waals surface area contributed by atoms with Crippen LogP contribution in [0.3, 0.4) is 0 Å². The molecule has 4 nitrogen and oxygen atoms in total. The number of fused-ring (bicyclic) bond motifs is 2. The molecule has 1 saturated carbocycles. The number of nitrogens with zero attached hydrogens (tertiary/aromatic N) is 1. The van der Waals surface area contributed by atoms with Crippen molar-refractivity contribution < 1.29 is 23.1 Å². The van der Waals surface area contributed by atoms with Crippen LogP contribution in [-0.4, -0.2) is 21.4 Å². The average Bonchev–Trinajstić information content (AvgIpc) is 3.44. The monoisotopic (exact) mass is 445 g/mol. The number of alkyl halides is 3. The van der Waals surface area contributed by atoms with Crippen LogP contribution < -0.4 is 5.56 Å².